The average Bonchev–Trinajstić information content (AvgIpc) is 3.42. The first-order valence-electron chi connectivity index (χ1n) is 8.85. The summed E-state index contributed by atoms with van der Waals surface area (Å²) in [6, 6.07) is 8.06. The molecule has 1 aromatic carbocycles. The second-order valence-corrected chi connectivity index (χ2v) is 6.74. The fourth-order valence-electron chi connectivity index (χ4n) is 3.68. The molecule has 4 aromatic rings. The number of hydrogen-bond donors (Lipinski definition) is 2. The molecule has 27 heavy (non-hydrogen) atoms. The molecule has 2 N–H and O–H groups in total. The lowest BCUT2D eigenvalue weighted by Crippen LogP contribution is -2.24. The normalized spacial score (nSPS) is 20.5. The third kappa shape index (κ3) is 2.98. The molecule has 8 nitrogen and oxygen atoms in total. The molecular weight excluding hydrogens is 344 g/mol. The Morgan fingerprint density at radius 1 is 1.26 bits per heavy atom. The van der Waals surface area contributed by atoms with E-state index in [2.05, 4.69) is 42.1 Å². The molecule has 5 rings (SSSR count). The van der Waals surface area contributed by atoms with Crippen LogP contribution in [0.1, 0.15) is 23.9 Å². The molecule has 136 valence electrons. The molecule has 3 aromatic heterocycles. The van der Waals surface area contributed by atoms with E-state index >= 15 is 0 Å². The first kappa shape index (κ1) is 16.1. The fraction of sp³-hybridized carbons (Fsp3) is 0.263. The highest BCUT2D eigenvalue weighted by Gasteiger charge is 2.36. The molecule has 0 radical (unpaired) electrons. The largest absolute Gasteiger partial charge is 0.392 e. The highest BCUT2D eigenvalue weighted by molar-refractivity contribution is 5.82. The number of aliphatic hydroxyl groups excluding tert-OH is 1. The van der Waals surface area contributed by atoms with Crippen molar-refractivity contribution in [2.24, 2.45) is 0 Å². The van der Waals surface area contributed by atoms with Crippen molar-refractivity contribution >= 4 is 10.9 Å². The molecule has 0 spiro atoms. The van der Waals surface area contributed by atoms with Gasteiger partial charge in [0.15, 0.2) is 0 Å². The van der Waals surface area contributed by atoms with Gasteiger partial charge in [-0.2, -0.15) is 4.98 Å². The monoisotopic (exact) mass is 362 g/mol. The number of aromatic amines is 1. The summed E-state index contributed by atoms with van der Waals surface area (Å²) in [7, 11) is 0. The van der Waals surface area contributed by atoms with E-state index in [0.29, 0.717) is 36.9 Å². The van der Waals surface area contributed by atoms with Gasteiger partial charge >= 0.3 is 0 Å². The number of hydrogen-bond acceptors (Lipinski definition) is 7. The van der Waals surface area contributed by atoms with E-state index in [4.69, 9.17) is 4.52 Å². The lowest BCUT2D eigenvalue weighted by Gasteiger charge is -2.20. The van der Waals surface area contributed by atoms with Crippen molar-refractivity contribution < 1.29 is 9.63 Å². The Kier molecular flexibility index (Phi) is 3.92. The summed E-state index contributed by atoms with van der Waals surface area (Å²) >= 11 is 0. The van der Waals surface area contributed by atoms with Crippen LogP contribution in [0.3, 0.4) is 0 Å². The predicted octanol–water partition coefficient (Wildman–Crippen LogP) is 2.32. The van der Waals surface area contributed by atoms with Crippen molar-refractivity contribution in [3.63, 3.8) is 0 Å². The van der Waals surface area contributed by atoms with Crippen molar-refractivity contribution in [3.05, 3.63) is 60.5 Å². The molecule has 0 aliphatic carbocycles. The molecule has 4 heterocycles. The number of nitrogens with one attached hydrogen (secondary N) is 1. The number of β-amino-alcohol motifs (C(OH)–C–C–N with tert-alkyl or cyclic N) is 1. The maximum atomic E-state index is 10.2. The van der Waals surface area contributed by atoms with Gasteiger partial charge < -0.3 is 14.6 Å². The van der Waals surface area contributed by atoms with Crippen LogP contribution in [0.15, 0.2) is 53.6 Å². The third-order valence-corrected chi connectivity index (χ3v) is 4.95. The van der Waals surface area contributed by atoms with Crippen LogP contribution in [0.2, 0.25) is 0 Å². The van der Waals surface area contributed by atoms with Crippen LogP contribution < -0.4 is 0 Å². The number of fused-ring (bicyclic) bond motifs is 1. The van der Waals surface area contributed by atoms with E-state index < -0.39 is 6.10 Å². The van der Waals surface area contributed by atoms with Crippen LogP contribution in [-0.2, 0) is 6.54 Å². The van der Waals surface area contributed by atoms with Crippen LogP contribution in [0, 0.1) is 0 Å². The van der Waals surface area contributed by atoms with Gasteiger partial charge in [0, 0.05) is 42.6 Å². The Morgan fingerprint density at radius 3 is 3.07 bits per heavy atom. The van der Waals surface area contributed by atoms with Gasteiger partial charge in [-0.25, -0.2) is 4.98 Å². The zero-order valence-electron chi connectivity index (χ0n) is 14.5. The van der Waals surface area contributed by atoms with E-state index in [1.165, 1.54) is 10.9 Å². The molecule has 1 fully saturated rings. The molecule has 0 unspecified atom stereocenters. The SMILES string of the molecule is O[C@@H]1C[C@@H](c2nc(-c3cnccn3)no2)N(Cc2c[nH]c3ccccc23)C1. The average molecular weight is 362 g/mol. The molecule has 1 aliphatic rings. The Balaban J connectivity index is 1.42. The second-order valence-electron chi connectivity index (χ2n) is 6.74. The Morgan fingerprint density at radius 2 is 2.19 bits per heavy atom. The quantitative estimate of drug-likeness (QED) is 0.574. The topological polar surface area (TPSA) is 104 Å². The van der Waals surface area contributed by atoms with E-state index in [-0.39, 0.29) is 6.04 Å². The number of rotatable bonds is 4. The zero-order chi connectivity index (χ0) is 18.2. The fourth-order valence-corrected chi connectivity index (χ4v) is 3.68. The second kappa shape index (κ2) is 6.57. The maximum absolute atomic E-state index is 10.2. The lowest BCUT2D eigenvalue weighted by atomic mass is 10.1. The van der Waals surface area contributed by atoms with Gasteiger partial charge in [-0.05, 0) is 18.1 Å². The molecule has 8 heteroatoms. The summed E-state index contributed by atoms with van der Waals surface area (Å²) in [5, 5.41) is 15.5. The highest BCUT2D eigenvalue weighted by atomic mass is 16.5. The number of para-hydroxylation sites is 1. The van der Waals surface area contributed by atoms with Crippen molar-refractivity contribution in [3.8, 4) is 11.5 Å². The lowest BCUT2D eigenvalue weighted by molar-refractivity contribution is 0.169. The molecule has 2 atom stereocenters. The summed E-state index contributed by atoms with van der Waals surface area (Å²) in [6.45, 7) is 1.25. The number of aromatic nitrogens is 5. The first-order chi connectivity index (χ1) is 13.3. The van der Waals surface area contributed by atoms with Crippen molar-refractivity contribution in [2.75, 3.05) is 6.54 Å². The van der Waals surface area contributed by atoms with Gasteiger partial charge in [-0.15, -0.1) is 0 Å². The summed E-state index contributed by atoms with van der Waals surface area (Å²) in [4.78, 5) is 18.2. The van der Waals surface area contributed by atoms with Gasteiger partial charge in [0.2, 0.25) is 11.7 Å². The standard InChI is InChI=1S/C19H18N6O2/c26-13-7-17(19-23-18(24-27-19)16-9-20-5-6-21-16)25(11-13)10-12-8-22-15-4-2-1-3-14(12)15/h1-6,8-9,13,17,22,26H,7,10-11H2/t13-,17+/m1/s1. The van der Waals surface area contributed by atoms with Crippen LogP contribution in [0.5, 0.6) is 0 Å². The van der Waals surface area contributed by atoms with Crippen molar-refractivity contribution in [2.45, 2.75) is 25.1 Å². The van der Waals surface area contributed by atoms with Gasteiger partial charge in [-0.3, -0.25) is 9.88 Å². The Labute approximate surface area is 154 Å². The molecule has 1 saturated heterocycles. The van der Waals surface area contributed by atoms with Gasteiger partial charge in [0.25, 0.3) is 0 Å². The van der Waals surface area contributed by atoms with E-state index in [9.17, 15) is 5.11 Å². The minimum absolute atomic E-state index is 0.133. The minimum atomic E-state index is -0.424. The summed E-state index contributed by atoms with van der Waals surface area (Å²) in [5.41, 5.74) is 2.85. The maximum Gasteiger partial charge on any atom is 0.244 e. The van der Waals surface area contributed by atoms with E-state index in [0.717, 1.165) is 5.52 Å². The summed E-state index contributed by atoms with van der Waals surface area (Å²) in [6.07, 6.45) is 6.94. The van der Waals surface area contributed by atoms with Gasteiger partial charge in [-0.1, -0.05) is 23.4 Å². The smallest absolute Gasteiger partial charge is 0.244 e. The van der Waals surface area contributed by atoms with Gasteiger partial charge in [0.05, 0.1) is 18.3 Å². The highest BCUT2D eigenvalue weighted by Crippen LogP contribution is 2.34. The van der Waals surface area contributed by atoms with Crippen LogP contribution in [0.4, 0.5) is 0 Å². The number of nitrogens with zero attached hydrogens (tertiary/aromatic N) is 5. The number of benzene rings is 1. The Hall–Kier alpha value is -3.10. The van der Waals surface area contributed by atoms with E-state index in [1.807, 2.05) is 18.3 Å². The number of H-pyrrole nitrogens is 1. The molecule has 0 amide bonds. The zero-order valence-corrected chi connectivity index (χ0v) is 14.5. The van der Waals surface area contributed by atoms with Crippen LogP contribution >= 0.6 is 0 Å². The first-order valence-corrected chi connectivity index (χ1v) is 8.85. The number of aliphatic hydroxyl groups is 1. The summed E-state index contributed by atoms with van der Waals surface area (Å²) < 4.78 is 5.50. The van der Waals surface area contributed by atoms with Gasteiger partial charge in [0.1, 0.15) is 5.69 Å². The Bertz CT molecular complexity index is 1060. The molecular formula is C19H18N6O2. The predicted molar refractivity (Wildman–Crippen MR) is 97.4 cm³/mol. The molecule has 0 bridgehead atoms. The number of likely N-dealkylation sites (tertiary alicyclic amines) is 1. The van der Waals surface area contributed by atoms with Crippen molar-refractivity contribution in [1.29, 1.82) is 0 Å². The molecule has 0 saturated carbocycles. The van der Waals surface area contributed by atoms with Crippen LogP contribution in [0.25, 0.3) is 22.4 Å². The minimum Gasteiger partial charge on any atom is -0.392 e. The molecule has 1 aliphatic heterocycles. The van der Waals surface area contributed by atoms with Crippen LogP contribution in [-0.4, -0.2) is 47.7 Å². The van der Waals surface area contributed by atoms with E-state index in [1.54, 1.807) is 18.6 Å². The summed E-state index contributed by atoms with van der Waals surface area (Å²) in [5.74, 6) is 0.901. The van der Waals surface area contributed by atoms with Crippen molar-refractivity contribution in [1.82, 2.24) is 30.0 Å². The third-order valence-electron chi connectivity index (χ3n) is 4.95.